The Morgan fingerprint density at radius 1 is 1.65 bits per heavy atom. The second-order valence-corrected chi connectivity index (χ2v) is 3.90. The second kappa shape index (κ2) is 5.79. The summed E-state index contributed by atoms with van der Waals surface area (Å²) in [5.41, 5.74) is 0.287. The average molecular weight is 240 g/mol. The normalized spacial score (nSPS) is 19.5. The fourth-order valence-electron chi connectivity index (χ4n) is 1.80. The van der Waals surface area contributed by atoms with Gasteiger partial charge in [0.25, 0.3) is 5.91 Å². The van der Waals surface area contributed by atoms with Crippen LogP contribution in [-0.2, 0) is 4.74 Å². The molecule has 17 heavy (non-hydrogen) atoms. The number of ether oxygens (including phenoxy) is 1. The summed E-state index contributed by atoms with van der Waals surface area (Å²) in [6.07, 6.45) is 3.45. The first-order valence-electron chi connectivity index (χ1n) is 5.77. The molecule has 1 aliphatic heterocycles. The minimum Gasteiger partial charge on any atom is -0.445 e. The Kier molecular flexibility index (Phi) is 4.11. The van der Waals surface area contributed by atoms with Crippen molar-refractivity contribution in [2.75, 3.05) is 19.8 Å². The van der Waals surface area contributed by atoms with Gasteiger partial charge in [0.2, 0.25) is 0 Å². The van der Waals surface area contributed by atoms with E-state index in [1.165, 1.54) is 6.39 Å². The van der Waals surface area contributed by atoms with Crippen molar-refractivity contribution in [3.63, 3.8) is 0 Å². The zero-order chi connectivity index (χ0) is 12.1. The van der Waals surface area contributed by atoms with Crippen molar-refractivity contribution in [3.8, 4) is 0 Å². The number of hydrogen-bond donors (Lipinski definition) is 2. The number of carbonyl (C=O) groups excluding carboxylic acids is 1. The largest absolute Gasteiger partial charge is 0.445 e. The van der Waals surface area contributed by atoms with Gasteiger partial charge in [-0.25, -0.2) is 4.98 Å². The molecule has 1 unspecified atom stereocenters. The monoisotopic (exact) mass is 240 g/mol. The highest BCUT2D eigenvalue weighted by atomic mass is 16.5. The highest BCUT2D eigenvalue weighted by Gasteiger charge is 2.27. The van der Waals surface area contributed by atoms with Crippen molar-refractivity contribution in [2.45, 2.75) is 25.4 Å². The van der Waals surface area contributed by atoms with E-state index in [1.54, 1.807) is 0 Å². The average Bonchev–Trinajstić information content (AvgIpc) is 2.99. The van der Waals surface area contributed by atoms with Gasteiger partial charge >= 0.3 is 0 Å². The van der Waals surface area contributed by atoms with Crippen LogP contribution in [-0.4, -0.2) is 35.8 Å². The molecule has 2 rings (SSSR count). The van der Waals surface area contributed by atoms with Crippen molar-refractivity contribution >= 4 is 5.91 Å². The Labute approximate surface area is 99.0 Å². The quantitative estimate of drug-likeness (QED) is 0.738. The van der Waals surface area contributed by atoms with Crippen LogP contribution in [0.3, 0.4) is 0 Å². The van der Waals surface area contributed by atoms with Crippen LogP contribution in [0.1, 0.15) is 41.6 Å². The molecule has 6 heteroatoms. The lowest BCUT2D eigenvalue weighted by molar-refractivity contribution is 0.0860. The molecule has 2 N–H and O–H groups in total. The topological polar surface area (TPSA) is 84.6 Å². The number of aliphatic hydroxyl groups excluding tert-OH is 1. The van der Waals surface area contributed by atoms with E-state index < -0.39 is 0 Å². The molecule has 1 atom stereocenters. The third-order valence-corrected chi connectivity index (χ3v) is 2.65. The zero-order valence-electron chi connectivity index (χ0n) is 9.52. The molecule has 1 aromatic rings. The second-order valence-electron chi connectivity index (χ2n) is 3.90. The van der Waals surface area contributed by atoms with E-state index in [1.807, 2.05) is 0 Å². The Balaban J connectivity index is 1.99. The fraction of sp³-hybridized carbons (Fsp3) is 0.636. The Bertz CT molecular complexity index is 371. The van der Waals surface area contributed by atoms with E-state index in [9.17, 15) is 4.79 Å². The van der Waals surface area contributed by atoms with Gasteiger partial charge in [0.1, 0.15) is 6.10 Å². The summed E-state index contributed by atoms with van der Waals surface area (Å²) in [4.78, 5) is 15.7. The van der Waals surface area contributed by atoms with Gasteiger partial charge in [-0.3, -0.25) is 4.79 Å². The Morgan fingerprint density at radius 2 is 2.53 bits per heavy atom. The molecule has 0 spiro atoms. The van der Waals surface area contributed by atoms with Crippen LogP contribution in [0.25, 0.3) is 0 Å². The van der Waals surface area contributed by atoms with Crippen molar-refractivity contribution in [1.82, 2.24) is 10.3 Å². The van der Waals surface area contributed by atoms with Crippen molar-refractivity contribution in [3.05, 3.63) is 17.8 Å². The maximum absolute atomic E-state index is 11.8. The number of rotatable bonds is 5. The lowest BCUT2D eigenvalue weighted by Crippen LogP contribution is -2.26. The minimum atomic E-state index is -0.280. The lowest BCUT2D eigenvalue weighted by Gasteiger charge is -2.07. The van der Waals surface area contributed by atoms with Crippen LogP contribution in [0.15, 0.2) is 10.8 Å². The number of hydrogen-bond acceptors (Lipinski definition) is 5. The van der Waals surface area contributed by atoms with Crippen LogP contribution in [0, 0.1) is 0 Å². The third kappa shape index (κ3) is 2.83. The van der Waals surface area contributed by atoms with E-state index in [2.05, 4.69) is 10.3 Å². The first-order valence-corrected chi connectivity index (χ1v) is 5.77. The molecular weight excluding hydrogens is 224 g/mol. The summed E-state index contributed by atoms with van der Waals surface area (Å²) in [5, 5.41) is 11.3. The Hall–Kier alpha value is -1.40. The molecule has 0 aliphatic carbocycles. The first kappa shape index (κ1) is 12.1. The molecule has 1 aromatic heterocycles. The molecule has 1 aliphatic rings. The van der Waals surface area contributed by atoms with Crippen LogP contribution >= 0.6 is 0 Å². The molecular formula is C11H16N2O4. The number of nitrogens with one attached hydrogen (secondary N) is 1. The summed E-state index contributed by atoms with van der Waals surface area (Å²) >= 11 is 0. The van der Waals surface area contributed by atoms with Crippen molar-refractivity contribution < 1.29 is 19.1 Å². The van der Waals surface area contributed by atoms with E-state index >= 15 is 0 Å². The van der Waals surface area contributed by atoms with Gasteiger partial charge in [0.15, 0.2) is 17.8 Å². The molecule has 0 bridgehead atoms. The van der Waals surface area contributed by atoms with E-state index in [0.29, 0.717) is 25.3 Å². The van der Waals surface area contributed by atoms with Gasteiger partial charge in [-0.1, -0.05) is 0 Å². The summed E-state index contributed by atoms with van der Waals surface area (Å²) in [5.74, 6) is 0.224. The Morgan fingerprint density at radius 3 is 3.24 bits per heavy atom. The van der Waals surface area contributed by atoms with Gasteiger partial charge in [-0.2, -0.15) is 0 Å². The molecule has 6 nitrogen and oxygen atoms in total. The minimum absolute atomic E-state index is 0.0533. The first-order chi connectivity index (χ1) is 8.33. The molecule has 0 radical (unpaired) electrons. The maximum atomic E-state index is 11.8. The standard InChI is InChI=1S/C11H16N2O4/c14-5-2-4-12-11(15)9-10(17-7-13-9)8-3-1-6-16-8/h7-8,14H,1-6H2,(H,12,15). The number of amides is 1. The molecule has 0 saturated carbocycles. The number of aromatic nitrogens is 1. The van der Waals surface area contributed by atoms with Gasteiger partial charge < -0.3 is 19.6 Å². The number of aliphatic hydroxyl groups is 1. The van der Waals surface area contributed by atoms with Crippen LogP contribution in [0.5, 0.6) is 0 Å². The van der Waals surface area contributed by atoms with Gasteiger partial charge in [-0.05, 0) is 19.3 Å². The van der Waals surface area contributed by atoms with Crippen LogP contribution < -0.4 is 5.32 Å². The zero-order valence-corrected chi connectivity index (χ0v) is 9.52. The lowest BCUT2D eigenvalue weighted by atomic mass is 10.1. The number of nitrogens with zero attached hydrogens (tertiary/aromatic N) is 1. The molecule has 0 aromatic carbocycles. The van der Waals surface area contributed by atoms with E-state index in [-0.39, 0.29) is 24.3 Å². The number of oxazole rings is 1. The van der Waals surface area contributed by atoms with Crippen LogP contribution in [0.2, 0.25) is 0 Å². The summed E-state index contributed by atoms with van der Waals surface area (Å²) in [7, 11) is 0. The molecule has 1 amide bonds. The SMILES string of the molecule is O=C(NCCCO)c1ncoc1C1CCCO1. The van der Waals surface area contributed by atoms with Gasteiger partial charge in [-0.15, -0.1) is 0 Å². The predicted octanol–water partition coefficient (Wildman–Crippen LogP) is 0.638. The summed E-state index contributed by atoms with van der Waals surface area (Å²) in [6, 6.07) is 0. The fourth-order valence-corrected chi connectivity index (χ4v) is 1.80. The predicted molar refractivity (Wildman–Crippen MR) is 58.5 cm³/mol. The molecule has 94 valence electrons. The smallest absolute Gasteiger partial charge is 0.273 e. The third-order valence-electron chi connectivity index (χ3n) is 2.65. The summed E-state index contributed by atoms with van der Waals surface area (Å²) in [6.45, 7) is 1.17. The highest BCUT2D eigenvalue weighted by molar-refractivity contribution is 5.93. The van der Waals surface area contributed by atoms with E-state index in [0.717, 1.165) is 12.8 Å². The molecule has 1 saturated heterocycles. The van der Waals surface area contributed by atoms with Crippen molar-refractivity contribution in [2.24, 2.45) is 0 Å². The maximum Gasteiger partial charge on any atom is 0.273 e. The molecule has 2 heterocycles. The van der Waals surface area contributed by atoms with Gasteiger partial charge in [0.05, 0.1) is 0 Å². The van der Waals surface area contributed by atoms with E-state index in [4.69, 9.17) is 14.3 Å². The van der Waals surface area contributed by atoms with Crippen LogP contribution in [0.4, 0.5) is 0 Å². The van der Waals surface area contributed by atoms with Crippen molar-refractivity contribution in [1.29, 1.82) is 0 Å². The summed E-state index contributed by atoms with van der Waals surface area (Å²) < 4.78 is 10.7. The number of carbonyl (C=O) groups is 1. The molecule has 1 fully saturated rings. The van der Waals surface area contributed by atoms with Gasteiger partial charge in [0, 0.05) is 19.8 Å². The highest BCUT2D eigenvalue weighted by Crippen LogP contribution is 2.30.